The summed E-state index contributed by atoms with van der Waals surface area (Å²) in [6.45, 7) is 6.52. The van der Waals surface area contributed by atoms with Crippen molar-refractivity contribution < 1.29 is 13.2 Å². The molecule has 0 aliphatic heterocycles. The van der Waals surface area contributed by atoms with Crippen LogP contribution >= 0.6 is 11.3 Å². The molecular weight excluding hydrogens is 388 g/mol. The third-order valence-corrected chi connectivity index (χ3v) is 24.1. The van der Waals surface area contributed by atoms with E-state index < -0.39 is 29.4 Å². The second kappa shape index (κ2) is 8.06. The van der Waals surface area contributed by atoms with Gasteiger partial charge in [-0.2, -0.15) is 0 Å². The van der Waals surface area contributed by atoms with Gasteiger partial charge in [-0.1, -0.05) is 0 Å². The van der Waals surface area contributed by atoms with E-state index in [1.54, 1.807) is 0 Å². The van der Waals surface area contributed by atoms with Crippen LogP contribution in [-0.4, -0.2) is 18.4 Å². The van der Waals surface area contributed by atoms with Gasteiger partial charge in [0, 0.05) is 0 Å². The topological polar surface area (TPSA) is 0 Å². The van der Waals surface area contributed by atoms with Gasteiger partial charge >= 0.3 is 129 Å². The molecule has 0 spiro atoms. The average molecular weight is 413 g/mol. The fraction of sp³-hybridized carbons (Fsp3) is 0.733. The molecule has 0 nitrogen and oxygen atoms in total. The molecule has 0 atom stereocenters. The fourth-order valence-electron chi connectivity index (χ4n) is 2.99. The first-order valence-corrected chi connectivity index (χ1v) is 15.9. The normalized spacial score (nSPS) is 12.9. The third-order valence-electron chi connectivity index (χ3n) is 3.87. The summed E-state index contributed by atoms with van der Waals surface area (Å²) in [6.07, 6.45) is 0.362. The van der Waals surface area contributed by atoms with E-state index in [9.17, 15) is 13.2 Å². The summed E-state index contributed by atoms with van der Waals surface area (Å²) in [5, 5.41) is 0. The molecule has 1 rings (SSSR count). The second-order valence-corrected chi connectivity index (χ2v) is 20.8. The van der Waals surface area contributed by atoms with Crippen LogP contribution in [0.3, 0.4) is 0 Å². The Bertz CT molecular complexity index is 392. The molecule has 116 valence electrons. The maximum atomic E-state index is 12.8. The molecule has 0 N–H and O–H groups in total. The third kappa shape index (κ3) is 4.65. The Kier molecular flexibility index (Phi) is 7.39. The number of alkyl halides is 3. The van der Waals surface area contributed by atoms with Gasteiger partial charge in [0.25, 0.3) is 0 Å². The summed E-state index contributed by atoms with van der Waals surface area (Å²) >= 11 is -1.55. The number of halogens is 3. The monoisotopic (exact) mass is 414 g/mol. The van der Waals surface area contributed by atoms with E-state index >= 15 is 0 Å². The molecule has 0 saturated heterocycles. The van der Waals surface area contributed by atoms with E-state index in [1.165, 1.54) is 25.8 Å². The Morgan fingerprint density at radius 3 is 1.95 bits per heavy atom. The van der Waals surface area contributed by atoms with Crippen LogP contribution in [0, 0.1) is 0 Å². The Labute approximate surface area is 128 Å². The molecule has 0 aromatic carbocycles. The zero-order chi connectivity index (χ0) is 15.2. The molecule has 0 aliphatic rings. The number of unbranched alkanes of at least 4 members (excludes halogenated alkanes) is 1. The van der Waals surface area contributed by atoms with Crippen LogP contribution < -0.4 is 2.89 Å². The number of rotatable bonds is 8. The van der Waals surface area contributed by atoms with Crippen LogP contribution in [0.15, 0.2) is 12.1 Å². The van der Waals surface area contributed by atoms with Gasteiger partial charge in [-0.05, 0) is 0 Å². The predicted molar refractivity (Wildman–Crippen MR) is 84.6 cm³/mol. The van der Waals surface area contributed by atoms with Crippen LogP contribution in [0.4, 0.5) is 13.2 Å². The molecule has 20 heavy (non-hydrogen) atoms. The van der Waals surface area contributed by atoms with Crippen molar-refractivity contribution in [2.75, 3.05) is 0 Å². The second-order valence-electron chi connectivity index (χ2n) is 5.55. The fourth-order valence-corrected chi connectivity index (χ4v) is 22.6. The SMILES string of the molecule is CCC[CH2][Sn]([CH2]CC)([CH2]CC)[c]1ccc(C(F)(F)F)s1. The summed E-state index contributed by atoms with van der Waals surface area (Å²) in [5.74, 6) is 0. The van der Waals surface area contributed by atoms with Crippen LogP contribution in [-0.2, 0) is 6.18 Å². The Balaban J connectivity index is 3.10. The van der Waals surface area contributed by atoms with Gasteiger partial charge in [-0.25, -0.2) is 0 Å². The molecular formula is C15H25F3SSn. The van der Waals surface area contributed by atoms with Crippen molar-refractivity contribution in [3.63, 3.8) is 0 Å². The Morgan fingerprint density at radius 2 is 1.55 bits per heavy atom. The molecule has 0 radical (unpaired) electrons. The first-order valence-electron chi connectivity index (χ1n) is 7.57. The molecule has 1 aromatic rings. The van der Waals surface area contributed by atoms with Gasteiger partial charge < -0.3 is 0 Å². The number of thiophene rings is 1. The predicted octanol–water partition coefficient (Wildman–Crippen LogP) is 6.04. The van der Waals surface area contributed by atoms with E-state index in [2.05, 4.69) is 20.8 Å². The zero-order valence-electron chi connectivity index (χ0n) is 12.6. The molecule has 0 bridgehead atoms. The molecule has 1 heterocycles. The van der Waals surface area contributed by atoms with Crippen molar-refractivity contribution in [1.82, 2.24) is 0 Å². The molecule has 0 unspecified atom stereocenters. The van der Waals surface area contributed by atoms with Crippen LogP contribution in [0.2, 0.25) is 13.3 Å². The van der Waals surface area contributed by atoms with E-state index in [0.29, 0.717) is 0 Å². The first-order chi connectivity index (χ1) is 9.39. The average Bonchev–Trinajstić information content (AvgIpc) is 2.86. The van der Waals surface area contributed by atoms with E-state index in [4.69, 9.17) is 0 Å². The summed E-state index contributed by atoms with van der Waals surface area (Å²) in [6, 6.07) is 3.12. The van der Waals surface area contributed by atoms with Crippen LogP contribution in [0.25, 0.3) is 0 Å². The molecule has 0 saturated carbocycles. The van der Waals surface area contributed by atoms with Crippen LogP contribution in [0.5, 0.6) is 0 Å². The summed E-state index contributed by atoms with van der Waals surface area (Å²) in [4.78, 5) is -0.405. The van der Waals surface area contributed by atoms with Crippen molar-refractivity contribution in [3.05, 3.63) is 17.0 Å². The molecule has 0 fully saturated rings. The van der Waals surface area contributed by atoms with Gasteiger partial charge in [-0.3, -0.25) is 0 Å². The first kappa shape index (κ1) is 18.3. The van der Waals surface area contributed by atoms with E-state index in [0.717, 1.165) is 33.5 Å². The quantitative estimate of drug-likeness (QED) is 0.456. The number of hydrogen-bond donors (Lipinski definition) is 0. The number of hydrogen-bond acceptors (Lipinski definition) is 1. The van der Waals surface area contributed by atoms with Crippen LogP contribution in [0.1, 0.15) is 51.3 Å². The van der Waals surface area contributed by atoms with Crippen molar-refractivity contribution in [1.29, 1.82) is 0 Å². The van der Waals surface area contributed by atoms with Crippen molar-refractivity contribution >= 4 is 32.6 Å². The molecule has 5 heteroatoms. The Morgan fingerprint density at radius 1 is 0.950 bits per heavy atom. The maximum absolute atomic E-state index is 12.8. The minimum absolute atomic E-state index is 0.405. The summed E-state index contributed by atoms with van der Waals surface area (Å²) in [5.41, 5.74) is 0. The van der Waals surface area contributed by atoms with Crippen molar-refractivity contribution in [2.45, 2.75) is 65.9 Å². The summed E-state index contributed by atoms with van der Waals surface area (Å²) < 4.78 is 43.3. The van der Waals surface area contributed by atoms with E-state index in [1.807, 2.05) is 6.07 Å². The van der Waals surface area contributed by atoms with Gasteiger partial charge in [0.2, 0.25) is 0 Å². The zero-order valence-corrected chi connectivity index (χ0v) is 16.3. The Hall–Kier alpha value is 0.289. The minimum atomic E-state index is -4.18. The van der Waals surface area contributed by atoms with Crippen molar-refractivity contribution in [3.8, 4) is 0 Å². The summed E-state index contributed by atoms with van der Waals surface area (Å²) in [7, 11) is 0. The van der Waals surface area contributed by atoms with Crippen molar-refractivity contribution in [2.24, 2.45) is 0 Å². The standard InChI is InChI=1S/C5H2F3S.C4H9.2C3H7.Sn/c6-5(7,8)4-2-1-3-9-4;1-3-4-2;2*1-3-2;/h1-2H;1,3-4H2,2H3;2*1,3H2,2H3;. The van der Waals surface area contributed by atoms with Gasteiger partial charge in [0.05, 0.1) is 0 Å². The van der Waals surface area contributed by atoms with Gasteiger partial charge in [-0.15, -0.1) is 0 Å². The molecule has 0 aliphatic carbocycles. The van der Waals surface area contributed by atoms with Gasteiger partial charge in [0.1, 0.15) is 0 Å². The molecule has 1 aromatic heterocycles. The molecule has 0 amide bonds. The van der Waals surface area contributed by atoms with E-state index in [-0.39, 0.29) is 0 Å². The van der Waals surface area contributed by atoms with Gasteiger partial charge in [0.15, 0.2) is 0 Å².